The average Bonchev–Trinajstić information content (AvgIpc) is 3.69. The Hall–Kier alpha value is -0.860. The summed E-state index contributed by atoms with van der Waals surface area (Å²) in [6.07, 6.45) is -7.71. The minimum atomic E-state index is -1.70. The number of aliphatic hydroxyl groups is 8. The van der Waals surface area contributed by atoms with Crippen molar-refractivity contribution in [1.29, 1.82) is 0 Å². The maximum atomic E-state index is 11.6. The number of allylic oxidation sites excluding steroid dienone is 1. The fourth-order valence-electron chi connectivity index (χ4n) is 14.4. The highest BCUT2D eigenvalue weighted by Crippen LogP contribution is 2.70. The van der Waals surface area contributed by atoms with E-state index in [0.717, 1.165) is 45.1 Å². The second-order valence-electron chi connectivity index (χ2n) is 21.6. The van der Waals surface area contributed by atoms with Gasteiger partial charge in [-0.15, -0.1) is 0 Å². The zero-order valence-electron chi connectivity index (χ0n) is 36.8. The SMILES string of the molecule is C[C@H]1CC[C@@]2(OC1)O[C@H]1C[C@H]3[C@@H]4CC=C5C[C@@H](O[C@@H]6O[C@H](CO)[C@@H](O)[C@@H](O[C@@H]7O[C@@H](C)[C@H](O)[C@@H](O)[C@H]7O)[C@H]6O[C@H]6C[C@H](C)[C@@H](O)[C@@H](O)[C@H]6O)CC[C@]5(C)[C@H]4CC[C@]3(C)[C@H]1[C@@H]2C. The van der Waals surface area contributed by atoms with Crippen molar-refractivity contribution in [3.63, 3.8) is 0 Å². The van der Waals surface area contributed by atoms with E-state index in [1.54, 1.807) is 6.92 Å². The largest absolute Gasteiger partial charge is 0.394 e. The molecule has 348 valence electrons. The van der Waals surface area contributed by atoms with E-state index in [1.165, 1.54) is 18.9 Å². The van der Waals surface area contributed by atoms with Gasteiger partial charge in [0, 0.05) is 12.3 Å². The van der Waals surface area contributed by atoms with Gasteiger partial charge in [0.1, 0.15) is 54.9 Å². The number of hydrogen-bond donors (Lipinski definition) is 8. The lowest BCUT2D eigenvalue weighted by Crippen LogP contribution is -2.66. The lowest BCUT2D eigenvalue weighted by atomic mass is 9.47. The molecule has 1 spiro atoms. The highest BCUT2D eigenvalue weighted by molar-refractivity contribution is 5.26. The fraction of sp³-hybridized carbons (Fsp3) is 0.957. The van der Waals surface area contributed by atoms with E-state index >= 15 is 0 Å². The second-order valence-corrected chi connectivity index (χ2v) is 21.6. The topological polar surface area (TPSA) is 226 Å². The van der Waals surface area contributed by atoms with Crippen molar-refractivity contribution in [2.24, 2.45) is 52.3 Å². The highest BCUT2D eigenvalue weighted by atomic mass is 16.7. The van der Waals surface area contributed by atoms with Crippen molar-refractivity contribution in [2.75, 3.05) is 13.2 Å². The predicted molar refractivity (Wildman–Crippen MR) is 216 cm³/mol. The molecule has 4 saturated heterocycles. The van der Waals surface area contributed by atoms with Gasteiger partial charge in [0.25, 0.3) is 0 Å². The third-order valence-electron chi connectivity index (χ3n) is 18.2. The van der Waals surface area contributed by atoms with Crippen LogP contribution in [0.3, 0.4) is 0 Å². The Kier molecular flexibility index (Phi) is 12.5. The molecule has 0 aromatic rings. The molecule has 8 fully saturated rings. The monoisotopic (exact) mass is 867 g/mol. The van der Waals surface area contributed by atoms with Gasteiger partial charge in [0.05, 0.1) is 43.7 Å². The molecule has 61 heavy (non-hydrogen) atoms. The van der Waals surface area contributed by atoms with Crippen LogP contribution in [-0.2, 0) is 33.2 Å². The summed E-state index contributed by atoms with van der Waals surface area (Å²) in [7, 11) is 0. The van der Waals surface area contributed by atoms with Gasteiger partial charge in [-0.2, -0.15) is 0 Å². The molecule has 15 nitrogen and oxygen atoms in total. The lowest BCUT2D eigenvalue weighted by Gasteiger charge is -2.59. The Balaban J connectivity index is 0.937. The molecule has 4 saturated carbocycles. The van der Waals surface area contributed by atoms with Gasteiger partial charge >= 0.3 is 0 Å². The van der Waals surface area contributed by atoms with E-state index in [-0.39, 0.29) is 29.5 Å². The highest BCUT2D eigenvalue weighted by Gasteiger charge is 2.69. The van der Waals surface area contributed by atoms with Crippen LogP contribution in [0.25, 0.3) is 0 Å². The summed E-state index contributed by atoms with van der Waals surface area (Å²) >= 11 is 0. The van der Waals surface area contributed by atoms with Gasteiger partial charge in [0.15, 0.2) is 18.4 Å². The Morgan fingerprint density at radius 1 is 0.721 bits per heavy atom. The Morgan fingerprint density at radius 2 is 1.48 bits per heavy atom. The molecule has 5 aliphatic carbocycles. The first-order chi connectivity index (χ1) is 28.9. The number of ether oxygens (including phenoxy) is 7. The third kappa shape index (κ3) is 7.44. The Labute approximate surface area is 360 Å². The maximum absolute atomic E-state index is 11.6. The van der Waals surface area contributed by atoms with Crippen LogP contribution in [0.5, 0.6) is 0 Å². The Morgan fingerprint density at radius 3 is 2.20 bits per heavy atom. The van der Waals surface area contributed by atoms with Gasteiger partial charge in [-0.25, -0.2) is 0 Å². The lowest BCUT2D eigenvalue weighted by molar-refractivity contribution is -0.374. The van der Waals surface area contributed by atoms with E-state index in [2.05, 4.69) is 33.8 Å². The molecular formula is C46H74O15. The van der Waals surface area contributed by atoms with E-state index in [9.17, 15) is 40.9 Å². The quantitative estimate of drug-likeness (QED) is 0.171. The van der Waals surface area contributed by atoms with E-state index in [1.807, 2.05) is 0 Å². The smallest absolute Gasteiger partial charge is 0.187 e. The molecule has 0 aromatic carbocycles. The number of rotatable bonds is 7. The molecule has 15 heteroatoms. The van der Waals surface area contributed by atoms with Crippen LogP contribution < -0.4 is 0 Å². The minimum Gasteiger partial charge on any atom is -0.394 e. The van der Waals surface area contributed by atoms with Crippen molar-refractivity contribution in [3.05, 3.63) is 11.6 Å². The summed E-state index contributed by atoms with van der Waals surface area (Å²) < 4.78 is 45.1. The molecular weight excluding hydrogens is 792 g/mol. The van der Waals surface area contributed by atoms with Crippen molar-refractivity contribution in [2.45, 2.75) is 210 Å². The summed E-state index contributed by atoms with van der Waals surface area (Å²) in [4.78, 5) is 0. The van der Waals surface area contributed by atoms with Crippen molar-refractivity contribution in [3.8, 4) is 0 Å². The maximum Gasteiger partial charge on any atom is 0.187 e. The van der Waals surface area contributed by atoms with Crippen LogP contribution in [0, 0.1) is 52.3 Å². The summed E-state index contributed by atoms with van der Waals surface area (Å²) in [5.74, 6) is 2.23. The molecule has 8 N–H and O–H groups in total. The summed E-state index contributed by atoms with van der Waals surface area (Å²) in [5.41, 5.74) is 1.57. The van der Waals surface area contributed by atoms with Gasteiger partial charge in [-0.05, 0) is 111 Å². The molecule has 0 unspecified atom stereocenters. The normalized spacial score (nSPS) is 58.4. The van der Waals surface area contributed by atoms with Crippen LogP contribution in [0.2, 0.25) is 0 Å². The third-order valence-corrected chi connectivity index (χ3v) is 18.2. The van der Waals surface area contributed by atoms with Crippen LogP contribution in [-0.4, -0.2) is 158 Å². The standard InChI is InChI=1S/C46H74O15/c1-20-9-14-46(55-19-20)22(3)32-29(61-46)17-28-26-8-7-24-16-25(10-12-44(24,5)27(26)11-13-45(28,32)6)57-43-41(58-30-15-21(2)33(48)37(52)35(30)50)40(36(51)31(18-47)59-43)60-42-39(54)38(53)34(49)23(4)56-42/h7,20-23,25-43,47-54H,8-19H2,1-6H3/t20-,21-,22-,23-,25-,26+,27-,28-,29-,30-,31+,32-,33+,34-,35-,36+,37+,38+,39+,40+,41+,42-,43+,44-,45-,46+/m0/s1. The van der Waals surface area contributed by atoms with Crippen molar-refractivity contribution < 1.29 is 74.0 Å². The molecule has 26 atom stereocenters. The van der Waals surface area contributed by atoms with Crippen LogP contribution in [0.15, 0.2) is 11.6 Å². The molecule has 0 aromatic heterocycles. The van der Waals surface area contributed by atoms with Crippen molar-refractivity contribution >= 4 is 0 Å². The fourth-order valence-corrected chi connectivity index (χ4v) is 14.4. The van der Waals surface area contributed by atoms with Gasteiger partial charge < -0.3 is 74.0 Å². The minimum absolute atomic E-state index is 0.00715. The van der Waals surface area contributed by atoms with Crippen LogP contribution in [0.4, 0.5) is 0 Å². The average molecular weight is 867 g/mol. The van der Waals surface area contributed by atoms with Crippen LogP contribution in [0.1, 0.15) is 106 Å². The molecule has 4 heterocycles. The molecule has 0 amide bonds. The van der Waals surface area contributed by atoms with E-state index in [0.29, 0.717) is 48.3 Å². The Bertz CT molecular complexity index is 1590. The van der Waals surface area contributed by atoms with Gasteiger partial charge in [-0.3, -0.25) is 0 Å². The number of fused-ring (bicyclic) bond motifs is 7. The number of aliphatic hydroxyl groups excluding tert-OH is 8. The number of hydrogen-bond acceptors (Lipinski definition) is 15. The molecule has 0 radical (unpaired) electrons. The predicted octanol–water partition coefficient (Wildman–Crippen LogP) is 1.91. The first kappa shape index (κ1) is 45.3. The van der Waals surface area contributed by atoms with E-state index in [4.69, 9.17) is 33.2 Å². The summed E-state index contributed by atoms with van der Waals surface area (Å²) in [5, 5.41) is 86.3. The first-order valence-electron chi connectivity index (χ1n) is 23.6. The molecule has 4 aliphatic heterocycles. The summed E-state index contributed by atoms with van der Waals surface area (Å²) in [6, 6.07) is 0. The zero-order chi connectivity index (χ0) is 43.5. The molecule has 9 rings (SSSR count). The van der Waals surface area contributed by atoms with E-state index < -0.39 is 104 Å². The van der Waals surface area contributed by atoms with Crippen LogP contribution >= 0.6 is 0 Å². The van der Waals surface area contributed by atoms with Gasteiger partial charge in [0.2, 0.25) is 0 Å². The van der Waals surface area contributed by atoms with Crippen molar-refractivity contribution in [1.82, 2.24) is 0 Å². The van der Waals surface area contributed by atoms with Gasteiger partial charge in [-0.1, -0.05) is 46.3 Å². The second kappa shape index (κ2) is 16.8. The molecule has 9 aliphatic rings. The summed E-state index contributed by atoms with van der Waals surface area (Å²) in [6.45, 7) is 13.1. The first-order valence-corrected chi connectivity index (χ1v) is 23.6. The molecule has 0 bridgehead atoms. The zero-order valence-corrected chi connectivity index (χ0v) is 36.8.